The molecule has 0 aliphatic heterocycles. The molecule has 0 aliphatic carbocycles. The quantitative estimate of drug-likeness (QED) is 0.410. The van der Waals surface area contributed by atoms with Crippen LogP contribution in [0.1, 0.15) is 22.5 Å². The molecule has 3 rings (SSSR count). The largest absolute Gasteiger partial charge is 0.376 e. The van der Waals surface area contributed by atoms with Crippen molar-refractivity contribution in [1.82, 2.24) is 9.99 Å². The van der Waals surface area contributed by atoms with E-state index in [2.05, 4.69) is 61.5 Å². The molecule has 2 aromatic carbocycles. The predicted molar refractivity (Wildman–Crippen MR) is 118 cm³/mol. The van der Waals surface area contributed by atoms with Crippen molar-refractivity contribution in [2.24, 2.45) is 5.10 Å². The summed E-state index contributed by atoms with van der Waals surface area (Å²) in [6, 6.07) is 14.1. The molecular formula is C22H22BrFN4O. The minimum atomic E-state index is -0.319. The lowest BCUT2D eigenvalue weighted by molar-refractivity contribution is -0.119. The van der Waals surface area contributed by atoms with E-state index >= 15 is 0 Å². The Balaban J connectivity index is 1.64. The van der Waals surface area contributed by atoms with Crippen LogP contribution in [0.3, 0.4) is 0 Å². The van der Waals surface area contributed by atoms with Gasteiger partial charge in [0.25, 0.3) is 5.91 Å². The molecule has 0 fully saturated rings. The Bertz CT molecular complexity index is 1060. The van der Waals surface area contributed by atoms with Gasteiger partial charge in [-0.1, -0.05) is 22.0 Å². The fourth-order valence-corrected chi connectivity index (χ4v) is 3.37. The van der Waals surface area contributed by atoms with Crippen LogP contribution < -0.4 is 10.7 Å². The van der Waals surface area contributed by atoms with Crippen LogP contribution in [0.15, 0.2) is 58.1 Å². The summed E-state index contributed by atoms with van der Waals surface area (Å²) < 4.78 is 16.1. The highest BCUT2D eigenvalue weighted by Gasteiger charge is 2.10. The lowest BCUT2D eigenvalue weighted by atomic mass is 10.2. The summed E-state index contributed by atoms with van der Waals surface area (Å²) in [6.45, 7) is 6.14. The van der Waals surface area contributed by atoms with Gasteiger partial charge in [-0.05, 0) is 68.8 Å². The lowest BCUT2D eigenvalue weighted by Gasteiger charge is -2.11. The molecule has 0 saturated heterocycles. The van der Waals surface area contributed by atoms with Gasteiger partial charge in [0.2, 0.25) is 0 Å². The molecule has 2 N–H and O–H groups in total. The molecule has 0 bridgehead atoms. The van der Waals surface area contributed by atoms with E-state index in [4.69, 9.17) is 0 Å². The Hall–Kier alpha value is -2.93. The van der Waals surface area contributed by atoms with Crippen molar-refractivity contribution in [2.45, 2.75) is 20.8 Å². The molecular weight excluding hydrogens is 435 g/mol. The van der Waals surface area contributed by atoms with Crippen LogP contribution in [0.2, 0.25) is 0 Å². The number of benzene rings is 2. The Morgan fingerprint density at radius 2 is 1.86 bits per heavy atom. The maximum atomic E-state index is 12.9. The number of nitrogens with zero attached hydrogens (tertiary/aromatic N) is 2. The van der Waals surface area contributed by atoms with E-state index in [1.807, 2.05) is 19.9 Å². The predicted octanol–water partition coefficient (Wildman–Crippen LogP) is 4.87. The monoisotopic (exact) mass is 456 g/mol. The van der Waals surface area contributed by atoms with Crippen molar-refractivity contribution >= 4 is 33.7 Å². The summed E-state index contributed by atoms with van der Waals surface area (Å²) in [5.41, 5.74) is 8.43. The van der Waals surface area contributed by atoms with Crippen LogP contribution in [-0.4, -0.2) is 23.2 Å². The Morgan fingerprint density at radius 3 is 2.55 bits per heavy atom. The van der Waals surface area contributed by atoms with Gasteiger partial charge in [-0.2, -0.15) is 5.10 Å². The summed E-state index contributed by atoms with van der Waals surface area (Å²) in [4.78, 5) is 11.9. The van der Waals surface area contributed by atoms with E-state index in [-0.39, 0.29) is 18.3 Å². The number of amides is 1. The summed E-state index contributed by atoms with van der Waals surface area (Å²) in [5.74, 6) is -0.609. The summed E-state index contributed by atoms with van der Waals surface area (Å²) in [7, 11) is 0. The number of rotatable bonds is 6. The molecule has 5 nitrogen and oxygen atoms in total. The van der Waals surface area contributed by atoms with E-state index in [0.29, 0.717) is 5.69 Å². The molecule has 0 aliphatic rings. The van der Waals surface area contributed by atoms with Crippen LogP contribution in [0.25, 0.3) is 5.69 Å². The van der Waals surface area contributed by atoms with Crippen molar-refractivity contribution in [3.05, 3.63) is 81.3 Å². The zero-order chi connectivity index (χ0) is 21.0. The van der Waals surface area contributed by atoms with Crippen LogP contribution >= 0.6 is 15.9 Å². The lowest BCUT2D eigenvalue weighted by Crippen LogP contribution is -2.25. The molecule has 0 atom stereocenters. The van der Waals surface area contributed by atoms with Crippen LogP contribution in [-0.2, 0) is 4.79 Å². The summed E-state index contributed by atoms with van der Waals surface area (Å²) >= 11 is 3.58. The maximum Gasteiger partial charge on any atom is 0.259 e. The maximum absolute atomic E-state index is 12.9. The third-order valence-electron chi connectivity index (χ3n) is 4.57. The normalized spacial score (nSPS) is 11.1. The second-order valence-electron chi connectivity index (χ2n) is 6.75. The molecule has 0 unspecified atom stereocenters. The van der Waals surface area contributed by atoms with E-state index in [9.17, 15) is 9.18 Å². The molecule has 0 radical (unpaired) electrons. The molecule has 1 aromatic heterocycles. The number of nitrogens with one attached hydrogen (secondary N) is 2. The highest BCUT2D eigenvalue weighted by Crippen LogP contribution is 2.24. The minimum Gasteiger partial charge on any atom is -0.376 e. The number of aryl methyl sites for hydroxylation is 2. The van der Waals surface area contributed by atoms with Gasteiger partial charge in [0.15, 0.2) is 0 Å². The van der Waals surface area contributed by atoms with Crippen LogP contribution in [0.5, 0.6) is 0 Å². The number of aromatic nitrogens is 1. The minimum absolute atomic E-state index is 0.0411. The molecule has 1 heterocycles. The average Bonchev–Trinajstić information content (AvgIpc) is 2.97. The first-order valence-electron chi connectivity index (χ1n) is 9.12. The van der Waals surface area contributed by atoms with Gasteiger partial charge in [0.05, 0.1) is 12.8 Å². The average molecular weight is 457 g/mol. The molecule has 3 aromatic rings. The zero-order valence-corrected chi connectivity index (χ0v) is 18.0. The molecule has 29 heavy (non-hydrogen) atoms. The first-order chi connectivity index (χ1) is 13.8. The second-order valence-corrected chi connectivity index (χ2v) is 7.60. The molecule has 7 heteroatoms. The fourth-order valence-electron chi connectivity index (χ4n) is 3.00. The first-order valence-corrected chi connectivity index (χ1v) is 9.91. The molecule has 0 saturated carbocycles. The number of anilines is 1. The van der Waals surface area contributed by atoms with Gasteiger partial charge >= 0.3 is 0 Å². The topological polar surface area (TPSA) is 58.4 Å². The van der Waals surface area contributed by atoms with E-state index in [0.717, 1.165) is 27.1 Å². The van der Waals surface area contributed by atoms with E-state index < -0.39 is 0 Å². The molecule has 0 spiro atoms. The number of carbonyl (C=O) groups is 1. The highest BCUT2D eigenvalue weighted by molar-refractivity contribution is 9.10. The Labute approximate surface area is 177 Å². The number of hydrazone groups is 1. The van der Waals surface area contributed by atoms with Crippen molar-refractivity contribution in [3.8, 4) is 5.69 Å². The van der Waals surface area contributed by atoms with Crippen molar-refractivity contribution in [2.75, 3.05) is 11.9 Å². The number of hydrogen-bond acceptors (Lipinski definition) is 3. The van der Waals surface area contributed by atoms with Gasteiger partial charge < -0.3 is 9.88 Å². The number of halogens is 2. The zero-order valence-electron chi connectivity index (χ0n) is 16.5. The van der Waals surface area contributed by atoms with Crippen molar-refractivity contribution in [1.29, 1.82) is 0 Å². The van der Waals surface area contributed by atoms with Gasteiger partial charge in [-0.3, -0.25) is 4.79 Å². The summed E-state index contributed by atoms with van der Waals surface area (Å²) in [6.07, 6.45) is 1.64. The van der Waals surface area contributed by atoms with Crippen LogP contribution in [0, 0.1) is 26.6 Å². The van der Waals surface area contributed by atoms with Gasteiger partial charge in [-0.25, -0.2) is 9.82 Å². The Kier molecular flexibility index (Phi) is 6.49. The first kappa shape index (κ1) is 20.8. The van der Waals surface area contributed by atoms with E-state index in [1.54, 1.807) is 18.3 Å². The third-order valence-corrected chi connectivity index (χ3v) is 5.43. The molecule has 150 valence electrons. The van der Waals surface area contributed by atoms with Crippen molar-refractivity contribution in [3.63, 3.8) is 0 Å². The van der Waals surface area contributed by atoms with Gasteiger partial charge in [0.1, 0.15) is 5.82 Å². The van der Waals surface area contributed by atoms with E-state index in [1.165, 1.54) is 17.7 Å². The third kappa shape index (κ3) is 5.12. The number of hydrogen-bond donors (Lipinski definition) is 2. The smallest absolute Gasteiger partial charge is 0.259 e. The fraction of sp³-hybridized carbons (Fsp3) is 0.182. The Morgan fingerprint density at radius 1 is 1.14 bits per heavy atom. The van der Waals surface area contributed by atoms with Gasteiger partial charge in [-0.15, -0.1) is 0 Å². The second kappa shape index (κ2) is 9.05. The van der Waals surface area contributed by atoms with Crippen LogP contribution in [0.4, 0.5) is 10.1 Å². The summed E-state index contributed by atoms with van der Waals surface area (Å²) in [5, 5.41) is 6.98. The van der Waals surface area contributed by atoms with Gasteiger partial charge in [0, 0.05) is 32.8 Å². The highest BCUT2D eigenvalue weighted by atomic mass is 79.9. The molecule has 1 amide bonds. The standard InChI is InChI=1S/C22H22BrFN4O/c1-14-4-9-20(11-21(14)23)28-15(2)10-17(16(28)3)12-26-27-22(29)13-25-19-7-5-18(24)6-8-19/h4-12,25H,13H2,1-3H3,(H,27,29)/b26-12-. The van der Waals surface area contributed by atoms with Crippen molar-refractivity contribution < 1.29 is 9.18 Å². The SMILES string of the molecule is Cc1ccc(-n2c(C)cc(/C=N\NC(=O)CNc3ccc(F)cc3)c2C)cc1Br. The number of carbonyl (C=O) groups excluding carboxylic acids is 1.